The van der Waals surface area contributed by atoms with Crippen LogP contribution in [0.2, 0.25) is 0 Å². The number of nitrogens with zero attached hydrogens (tertiary/aromatic N) is 2. The number of benzene rings is 2. The Labute approximate surface area is 177 Å². The molecule has 0 aliphatic heterocycles. The van der Waals surface area contributed by atoms with Crippen LogP contribution in [0.4, 0.5) is 0 Å². The zero-order valence-corrected chi connectivity index (χ0v) is 18.4. The first kappa shape index (κ1) is 23.9. The van der Waals surface area contributed by atoms with Gasteiger partial charge in [0, 0.05) is 0 Å². The molecule has 0 spiro atoms. The van der Waals surface area contributed by atoms with Gasteiger partial charge in [-0.05, 0) is 25.0 Å². The van der Waals surface area contributed by atoms with Crippen LogP contribution in [0.25, 0.3) is 0 Å². The zero-order chi connectivity index (χ0) is 22.0. The van der Waals surface area contributed by atoms with Crippen LogP contribution < -0.4 is 0 Å². The smallest absolute Gasteiger partial charge is 0.270 e. The molecule has 162 valence electrons. The van der Waals surface area contributed by atoms with Crippen LogP contribution in [0.5, 0.6) is 0 Å². The van der Waals surface area contributed by atoms with Crippen molar-refractivity contribution >= 4 is 31.7 Å². The maximum absolute atomic E-state index is 12.2. The van der Waals surface area contributed by atoms with E-state index < -0.39 is 31.7 Å². The Balaban J connectivity index is 2.52. The maximum atomic E-state index is 12.2. The third-order valence-corrected chi connectivity index (χ3v) is 6.17. The number of hydrogen-bond donors (Lipinski definition) is 0. The van der Waals surface area contributed by atoms with Gasteiger partial charge in [-0.1, -0.05) is 60.7 Å². The van der Waals surface area contributed by atoms with E-state index in [1.54, 1.807) is 74.5 Å². The Kier molecular flexibility index (Phi) is 8.85. The minimum atomic E-state index is -3.88. The predicted octanol–water partition coefficient (Wildman–Crippen LogP) is 2.61. The maximum Gasteiger partial charge on any atom is 0.273 e. The van der Waals surface area contributed by atoms with Crippen LogP contribution in [0.15, 0.2) is 70.9 Å². The lowest BCUT2D eigenvalue weighted by Gasteiger charge is -2.09. The Morgan fingerprint density at radius 2 is 1.00 bits per heavy atom. The second-order valence-corrected chi connectivity index (χ2v) is 9.32. The van der Waals surface area contributed by atoms with E-state index in [2.05, 4.69) is 10.2 Å². The molecule has 2 aromatic carbocycles. The van der Waals surface area contributed by atoms with Gasteiger partial charge in [-0.25, -0.2) is 0 Å². The Morgan fingerprint density at radius 1 is 0.667 bits per heavy atom. The van der Waals surface area contributed by atoms with Gasteiger partial charge in [0.25, 0.3) is 20.2 Å². The third-order valence-electron chi connectivity index (χ3n) is 3.73. The van der Waals surface area contributed by atoms with Crippen LogP contribution in [0.3, 0.4) is 0 Å². The second kappa shape index (κ2) is 11.1. The lowest BCUT2D eigenvalue weighted by atomic mass is 10.1. The van der Waals surface area contributed by atoms with Crippen molar-refractivity contribution < 1.29 is 25.2 Å². The molecule has 0 aliphatic carbocycles. The van der Waals surface area contributed by atoms with E-state index in [1.807, 2.05) is 0 Å². The molecule has 2 rings (SSSR count). The molecule has 0 heterocycles. The fourth-order valence-electron chi connectivity index (χ4n) is 2.50. The molecular weight excluding hydrogens is 428 g/mol. The van der Waals surface area contributed by atoms with Gasteiger partial charge in [-0.2, -0.15) is 27.0 Å². The van der Waals surface area contributed by atoms with E-state index in [4.69, 9.17) is 8.37 Å². The fraction of sp³-hybridized carbons (Fsp3) is 0.300. The summed E-state index contributed by atoms with van der Waals surface area (Å²) in [6.45, 7) is 3.13. The molecule has 2 aromatic rings. The Hall–Kier alpha value is -2.40. The van der Waals surface area contributed by atoms with Gasteiger partial charge in [-0.15, -0.1) is 0 Å². The summed E-state index contributed by atoms with van der Waals surface area (Å²) in [5.41, 5.74) is 1.33. The summed E-state index contributed by atoms with van der Waals surface area (Å²) >= 11 is 0. The minimum absolute atomic E-state index is 0.00443. The molecule has 0 amide bonds. The van der Waals surface area contributed by atoms with Gasteiger partial charge < -0.3 is 0 Å². The highest BCUT2D eigenvalue weighted by Gasteiger charge is 2.19. The van der Waals surface area contributed by atoms with Crippen LogP contribution in [0, 0.1) is 0 Å². The molecular formula is C20H24N2O6S2. The van der Waals surface area contributed by atoms with Crippen LogP contribution in [-0.4, -0.2) is 53.0 Å². The van der Waals surface area contributed by atoms with Gasteiger partial charge in [0.1, 0.15) is 11.5 Å². The molecule has 0 saturated carbocycles. The summed E-state index contributed by atoms with van der Waals surface area (Å²) < 4.78 is 58.3. The average molecular weight is 453 g/mol. The molecule has 0 aromatic heterocycles. The van der Waals surface area contributed by atoms with E-state index in [0.717, 1.165) is 0 Å². The van der Waals surface area contributed by atoms with Crippen molar-refractivity contribution in [3.05, 3.63) is 71.8 Å². The lowest BCUT2D eigenvalue weighted by molar-refractivity contribution is 0.339. The topological polar surface area (TPSA) is 111 Å². The van der Waals surface area contributed by atoms with Crippen molar-refractivity contribution in [2.75, 3.05) is 24.7 Å². The van der Waals surface area contributed by atoms with Crippen molar-refractivity contribution in [1.29, 1.82) is 0 Å². The summed E-state index contributed by atoms with van der Waals surface area (Å²) in [6, 6.07) is 17.3. The quantitative estimate of drug-likeness (QED) is 0.294. The van der Waals surface area contributed by atoms with Crippen LogP contribution in [-0.2, 0) is 28.6 Å². The number of rotatable bonds is 11. The molecule has 0 radical (unpaired) electrons. The first-order valence-corrected chi connectivity index (χ1v) is 12.4. The van der Waals surface area contributed by atoms with Gasteiger partial charge in [-0.3, -0.25) is 8.37 Å². The first-order chi connectivity index (χ1) is 14.3. The first-order valence-electron chi connectivity index (χ1n) is 9.24. The lowest BCUT2D eigenvalue weighted by Crippen LogP contribution is -2.21. The van der Waals surface area contributed by atoms with E-state index in [0.29, 0.717) is 11.1 Å². The van der Waals surface area contributed by atoms with E-state index in [9.17, 15) is 16.8 Å². The average Bonchev–Trinajstić information content (AvgIpc) is 2.71. The SMILES string of the molecule is CCOS(=O)(=O)C/C(=N/N=C(/CS(=O)(=O)OCC)c1ccccc1)c1ccccc1. The highest BCUT2D eigenvalue weighted by atomic mass is 32.2. The fourth-order valence-corrected chi connectivity index (χ4v) is 4.50. The highest BCUT2D eigenvalue weighted by Crippen LogP contribution is 2.10. The van der Waals surface area contributed by atoms with Crippen molar-refractivity contribution in [2.24, 2.45) is 10.2 Å². The van der Waals surface area contributed by atoms with Gasteiger partial charge in [0.15, 0.2) is 0 Å². The summed E-state index contributed by atoms with van der Waals surface area (Å²) in [5, 5.41) is 8.22. The normalized spacial score (nSPS) is 13.4. The second-order valence-electron chi connectivity index (χ2n) is 6.04. The van der Waals surface area contributed by atoms with E-state index >= 15 is 0 Å². The number of hydrogen-bond acceptors (Lipinski definition) is 8. The molecule has 10 heteroatoms. The molecule has 8 nitrogen and oxygen atoms in total. The molecule has 30 heavy (non-hydrogen) atoms. The molecule has 0 N–H and O–H groups in total. The van der Waals surface area contributed by atoms with Gasteiger partial charge in [0.2, 0.25) is 0 Å². The predicted molar refractivity (Wildman–Crippen MR) is 117 cm³/mol. The molecule has 0 unspecified atom stereocenters. The Morgan fingerprint density at radius 3 is 1.30 bits per heavy atom. The van der Waals surface area contributed by atoms with Gasteiger partial charge >= 0.3 is 0 Å². The summed E-state index contributed by atoms with van der Waals surface area (Å²) in [5.74, 6) is -1.01. The van der Waals surface area contributed by atoms with Crippen LogP contribution >= 0.6 is 0 Å². The minimum Gasteiger partial charge on any atom is -0.270 e. The molecule has 0 atom stereocenters. The summed E-state index contributed by atoms with van der Waals surface area (Å²) in [7, 11) is -7.76. The monoisotopic (exact) mass is 452 g/mol. The highest BCUT2D eigenvalue weighted by molar-refractivity contribution is 7.87. The zero-order valence-electron chi connectivity index (χ0n) is 16.8. The standard InChI is InChI=1S/C20H24N2O6S2/c1-3-27-29(23,24)15-19(17-11-7-5-8-12-17)21-22-20(16-30(25,26)28-4-2)18-13-9-6-10-14-18/h5-14H,3-4,15-16H2,1-2H3/b21-19-,22-20-. The summed E-state index contributed by atoms with van der Waals surface area (Å²) in [6.07, 6.45) is 0. The van der Waals surface area contributed by atoms with Crippen LogP contribution in [0.1, 0.15) is 25.0 Å². The van der Waals surface area contributed by atoms with Crippen molar-refractivity contribution in [1.82, 2.24) is 0 Å². The molecule has 0 aliphatic rings. The molecule has 0 bridgehead atoms. The van der Waals surface area contributed by atoms with Crippen molar-refractivity contribution in [2.45, 2.75) is 13.8 Å². The molecule has 0 saturated heterocycles. The van der Waals surface area contributed by atoms with Crippen molar-refractivity contribution in [3.63, 3.8) is 0 Å². The summed E-state index contributed by atoms with van der Waals surface area (Å²) in [4.78, 5) is 0. The van der Waals surface area contributed by atoms with E-state index in [1.165, 1.54) is 0 Å². The molecule has 0 fully saturated rings. The van der Waals surface area contributed by atoms with Crippen molar-refractivity contribution in [3.8, 4) is 0 Å². The van der Waals surface area contributed by atoms with Gasteiger partial charge in [0.05, 0.1) is 24.6 Å². The largest absolute Gasteiger partial charge is 0.273 e. The Bertz CT molecular complexity index is 991. The van der Waals surface area contributed by atoms with E-state index in [-0.39, 0.29) is 24.6 Å². The third kappa shape index (κ3) is 7.79.